The maximum atomic E-state index is 10.9. The van der Waals surface area contributed by atoms with Crippen LogP contribution < -0.4 is 10.1 Å². The van der Waals surface area contributed by atoms with E-state index in [2.05, 4.69) is 16.4 Å². The second-order valence-corrected chi connectivity index (χ2v) is 6.56. The number of aliphatic imine (C=N–C) groups is 1. The van der Waals surface area contributed by atoms with Gasteiger partial charge in [-0.15, -0.1) is 0 Å². The summed E-state index contributed by atoms with van der Waals surface area (Å²) >= 11 is 0. The van der Waals surface area contributed by atoms with Crippen molar-refractivity contribution in [2.24, 2.45) is 4.99 Å². The third-order valence-corrected chi connectivity index (χ3v) is 4.38. The molecule has 0 saturated carbocycles. The topological polar surface area (TPSA) is 101 Å². The number of ether oxygens (including phenoxy) is 1. The van der Waals surface area contributed by atoms with Gasteiger partial charge in [0.05, 0.1) is 17.7 Å². The summed E-state index contributed by atoms with van der Waals surface area (Å²) in [6, 6.07) is 15.8. The van der Waals surface area contributed by atoms with E-state index in [-0.39, 0.29) is 0 Å². The molecule has 0 radical (unpaired) electrons. The molecule has 0 aromatic heterocycles. The monoisotopic (exact) mass is 346 g/mol. The van der Waals surface area contributed by atoms with Crippen LogP contribution in [0.1, 0.15) is 36.6 Å². The molecule has 26 heavy (non-hydrogen) atoms. The Bertz CT molecular complexity index is 923. The van der Waals surface area contributed by atoms with E-state index in [4.69, 9.17) is 10.00 Å². The number of hydrogen-bond acceptors (Lipinski definition) is 5. The normalized spacial score (nSPS) is 20.9. The predicted molar refractivity (Wildman–Crippen MR) is 96.3 cm³/mol. The molecule has 2 atom stereocenters. The van der Waals surface area contributed by atoms with Gasteiger partial charge < -0.3 is 15.2 Å². The van der Waals surface area contributed by atoms with E-state index < -0.39 is 17.7 Å². The molecule has 1 aliphatic rings. The van der Waals surface area contributed by atoms with E-state index in [9.17, 15) is 10.4 Å². The van der Waals surface area contributed by atoms with Crippen LogP contribution in [0.3, 0.4) is 0 Å². The van der Waals surface area contributed by atoms with Crippen LogP contribution in [-0.4, -0.2) is 22.6 Å². The van der Waals surface area contributed by atoms with E-state index in [1.165, 1.54) is 0 Å². The molecule has 2 N–H and O–H groups in total. The third-order valence-electron chi connectivity index (χ3n) is 4.38. The molecule has 6 heteroatoms. The van der Waals surface area contributed by atoms with Gasteiger partial charge in [-0.05, 0) is 32.0 Å². The first kappa shape index (κ1) is 17.5. The zero-order valence-electron chi connectivity index (χ0n) is 14.5. The molecule has 1 aliphatic heterocycles. The van der Waals surface area contributed by atoms with Gasteiger partial charge in [0, 0.05) is 11.1 Å². The molecule has 0 aliphatic carbocycles. The first-order valence-corrected chi connectivity index (χ1v) is 8.16. The van der Waals surface area contributed by atoms with Crippen LogP contribution in [0.5, 0.6) is 5.75 Å². The Balaban J connectivity index is 2.06. The summed E-state index contributed by atoms with van der Waals surface area (Å²) < 4.78 is 5.90. The van der Waals surface area contributed by atoms with Crippen molar-refractivity contribution in [1.82, 2.24) is 5.32 Å². The highest BCUT2D eigenvalue weighted by molar-refractivity contribution is 5.99. The lowest BCUT2D eigenvalue weighted by molar-refractivity contribution is -0.0610. The molecule has 2 aromatic carbocycles. The van der Waals surface area contributed by atoms with E-state index in [0.717, 1.165) is 5.56 Å². The molecule has 0 spiro atoms. The number of rotatable bonds is 2. The number of amidine groups is 1. The highest BCUT2D eigenvalue weighted by Crippen LogP contribution is 2.40. The summed E-state index contributed by atoms with van der Waals surface area (Å²) in [6.45, 7) is 3.58. The lowest BCUT2D eigenvalue weighted by Gasteiger charge is -2.42. The Hall–Kier alpha value is -3.35. The second kappa shape index (κ2) is 6.87. The van der Waals surface area contributed by atoms with Crippen molar-refractivity contribution in [3.05, 3.63) is 65.2 Å². The summed E-state index contributed by atoms with van der Waals surface area (Å²) in [5.74, 6) is 0.935. The Labute approximate surface area is 152 Å². The number of nitrogens with zero attached hydrogens (tertiary/aromatic N) is 3. The fourth-order valence-electron chi connectivity index (χ4n) is 3.00. The average molecular weight is 346 g/mol. The molecule has 0 fully saturated rings. The minimum atomic E-state index is -0.920. The van der Waals surface area contributed by atoms with Gasteiger partial charge >= 0.3 is 0 Å². The summed E-state index contributed by atoms with van der Waals surface area (Å²) in [7, 11) is 0. The number of aliphatic hydroxyl groups excluding tert-OH is 1. The molecule has 6 nitrogen and oxygen atoms in total. The first-order valence-electron chi connectivity index (χ1n) is 8.16. The lowest BCUT2D eigenvalue weighted by atomic mass is 9.85. The summed E-state index contributed by atoms with van der Waals surface area (Å²) in [5.41, 5.74) is 0.985. The van der Waals surface area contributed by atoms with Crippen LogP contribution in [0.15, 0.2) is 53.5 Å². The minimum absolute atomic E-state index is 0.350. The number of nitriles is 2. The van der Waals surface area contributed by atoms with Crippen LogP contribution in [0.4, 0.5) is 0 Å². The fourth-order valence-corrected chi connectivity index (χ4v) is 3.00. The molecular formula is C20H18N4O2. The Morgan fingerprint density at radius 2 is 1.92 bits per heavy atom. The van der Waals surface area contributed by atoms with Crippen molar-refractivity contribution in [1.29, 1.82) is 10.5 Å². The summed E-state index contributed by atoms with van der Waals surface area (Å²) in [5, 5.41) is 32.3. The molecule has 130 valence electrons. The van der Waals surface area contributed by atoms with Crippen LogP contribution >= 0.6 is 0 Å². The van der Waals surface area contributed by atoms with Crippen molar-refractivity contribution in [3.63, 3.8) is 0 Å². The van der Waals surface area contributed by atoms with Gasteiger partial charge in [0.1, 0.15) is 23.3 Å². The summed E-state index contributed by atoms with van der Waals surface area (Å²) in [6.07, 6.45) is 0.878. The molecule has 0 saturated heterocycles. The highest BCUT2D eigenvalue weighted by atomic mass is 16.5. The smallest absolute Gasteiger partial charge is 0.207 e. The molecule has 0 unspecified atom stereocenters. The Morgan fingerprint density at radius 3 is 2.58 bits per heavy atom. The third kappa shape index (κ3) is 3.23. The Morgan fingerprint density at radius 1 is 1.19 bits per heavy atom. The van der Waals surface area contributed by atoms with E-state index >= 15 is 0 Å². The van der Waals surface area contributed by atoms with E-state index in [1.807, 2.05) is 30.3 Å². The van der Waals surface area contributed by atoms with Gasteiger partial charge in [-0.2, -0.15) is 15.5 Å². The van der Waals surface area contributed by atoms with Crippen molar-refractivity contribution < 1.29 is 9.84 Å². The second-order valence-electron chi connectivity index (χ2n) is 6.56. The van der Waals surface area contributed by atoms with Crippen LogP contribution in [0.25, 0.3) is 0 Å². The number of benzene rings is 2. The molecular weight excluding hydrogens is 328 g/mol. The van der Waals surface area contributed by atoms with Crippen LogP contribution in [0.2, 0.25) is 0 Å². The van der Waals surface area contributed by atoms with Crippen LogP contribution in [0, 0.1) is 22.8 Å². The van der Waals surface area contributed by atoms with Crippen LogP contribution in [-0.2, 0) is 0 Å². The summed E-state index contributed by atoms with van der Waals surface area (Å²) in [4.78, 5) is 3.88. The Kier molecular flexibility index (Phi) is 4.62. The van der Waals surface area contributed by atoms with Gasteiger partial charge in [0.15, 0.2) is 0 Å². The quantitative estimate of drug-likeness (QED) is 0.494. The molecule has 3 rings (SSSR count). The van der Waals surface area contributed by atoms with Crippen molar-refractivity contribution in [2.75, 3.05) is 0 Å². The average Bonchev–Trinajstić information content (AvgIpc) is 2.65. The van der Waals surface area contributed by atoms with Gasteiger partial charge in [-0.25, -0.2) is 0 Å². The fraction of sp³-hybridized carbons (Fsp3) is 0.250. The highest BCUT2D eigenvalue weighted by Gasteiger charge is 2.43. The lowest BCUT2D eigenvalue weighted by Crippen LogP contribution is -2.53. The number of hydrogen-bond donors (Lipinski definition) is 2. The standard InChI is InChI=1S/C20H18N4O2/c1-20(2)18(25)17(15-10-13(11-21)8-9-16(15)26-20)24-19(23-12-22)14-6-4-3-5-7-14/h3-10,17-18,25H,1-2H3,(H,23,24)/t17-,18+/m1/s1. The number of aliphatic hydroxyl groups is 1. The number of nitrogens with one attached hydrogen (secondary N) is 1. The largest absolute Gasteiger partial charge is 0.485 e. The van der Waals surface area contributed by atoms with Crippen molar-refractivity contribution in [2.45, 2.75) is 31.6 Å². The van der Waals surface area contributed by atoms with E-state index in [0.29, 0.717) is 22.7 Å². The van der Waals surface area contributed by atoms with Gasteiger partial charge in [-0.3, -0.25) is 0 Å². The minimum Gasteiger partial charge on any atom is -0.485 e. The SMILES string of the molecule is CC1(C)Oc2ccc(C#N)cc2[C@@H](NC(=NC#N)c2ccccc2)[C@@H]1O. The molecule has 2 aromatic rings. The van der Waals surface area contributed by atoms with Gasteiger partial charge in [-0.1, -0.05) is 30.3 Å². The molecule has 0 bridgehead atoms. The zero-order chi connectivity index (χ0) is 18.7. The van der Waals surface area contributed by atoms with Gasteiger partial charge in [0.2, 0.25) is 6.19 Å². The van der Waals surface area contributed by atoms with Crippen molar-refractivity contribution >= 4 is 5.84 Å². The molecule has 0 amide bonds. The number of fused-ring (bicyclic) bond motifs is 1. The first-order chi connectivity index (χ1) is 12.5. The van der Waals surface area contributed by atoms with Crippen molar-refractivity contribution in [3.8, 4) is 18.0 Å². The predicted octanol–water partition coefficient (Wildman–Crippen LogP) is 2.65. The molecule has 1 heterocycles. The van der Waals surface area contributed by atoms with Gasteiger partial charge in [0.25, 0.3) is 0 Å². The zero-order valence-corrected chi connectivity index (χ0v) is 14.5. The van der Waals surface area contributed by atoms with E-state index in [1.54, 1.807) is 38.2 Å². The maximum Gasteiger partial charge on any atom is 0.207 e. The maximum absolute atomic E-state index is 10.9.